The first-order valence-electron chi connectivity index (χ1n) is 7.15. The summed E-state index contributed by atoms with van der Waals surface area (Å²) in [5.74, 6) is 0. The van der Waals surface area contributed by atoms with Crippen molar-refractivity contribution in [3.8, 4) is 11.1 Å². The predicted molar refractivity (Wildman–Crippen MR) is 88.7 cm³/mol. The number of anilines is 1. The molecule has 1 heterocycles. The van der Waals surface area contributed by atoms with Crippen LogP contribution in [0.1, 0.15) is 5.56 Å². The minimum Gasteiger partial charge on any atom is -0.336 e. The van der Waals surface area contributed by atoms with Crippen LogP contribution in [0.15, 0.2) is 47.4 Å². The van der Waals surface area contributed by atoms with E-state index in [1.165, 1.54) is 6.07 Å². The maximum Gasteiger partial charge on any atom is 0.321 e. The molecule has 23 heavy (non-hydrogen) atoms. The van der Waals surface area contributed by atoms with E-state index in [0.717, 1.165) is 11.1 Å². The van der Waals surface area contributed by atoms with Crippen molar-refractivity contribution in [1.82, 2.24) is 5.32 Å². The summed E-state index contributed by atoms with van der Waals surface area (Å²) < 4.78 is 23.8. The molecule has 3 N–H and O–H groups in total. The lowest BCUT2D eigenvalue weighted by atomic mass is 10.0. The zero-order valence-corrected chi connectivity index (χ0v) is 13.4. The van der Waals surface area contributed by atoms with Gasteiger partial charge in [-0.1, -0.05) is 29.8 Å². The molecular weight excluding hydrogens is 314 g/mol. The first-order valence-corrected chi connectivity index (χ1v) is 8.70. The highest BCUT2D eigenvalue weighted by Crippen LogP contribution is 2.31. The number of sulfonamides is 1. The Labute approximate surface area is 135 Å². The lowest BCUT2D eigenvalue weighted by molar-refractivity contribution is 0.252. The molecule has 2 aromatic rings. The van der Waals surface area contributed by atoms with Gasteiger partial charge in [-0.05, 0) is 30.7 Å². The third kappa shape index (κ3) is 3.06. The van der Waals surface area contributed by atoms with Gasteiger partial charge in [0.05, 0.1) is 4.90 Å². The molecule has 1 saturated heterocycles. The number of nitrogens with one attached hydrogen (secondary N) is 1. The number of nitrogens with two attached hydrogens (primary N) is 1. The number of benzene rings is 2. The minimum absolute atomic E-state index is 0.0460. The van der Waals surface area contributed by atoms with Crippen LogP contribution >= 0.6 is 0 Å². The van der Waals surface area contributed by atoms with Gasteiger partial charge in [0.1, 0.15) is 0 Å². The van der Waals surface area contributed by atoms with Crippen molar-refractivity contribution >= 4 is 21.7 Å². The lowest BCUT2D eigenvalue weighted by Gasteiger charge is -2.17. The summed E-state index contributed by atoms with van der Waals surface area (Å²) in [6.45, 7) is 3.06. The third-order valence-corrected chi connectivity index (χ3v) is 4.77. The average Bonchev–Trinajstić information content (AvgIpc) is 2.93. The van der Waals surface area contributed by atoms with Crippen LogP contribution in [0, 0.1) is 6.92 Å². The van der Waals surface area contributed by atoms with E-state index < -0.39 is 10.0 Å². The number of amides is 2. The van der Waals surface area contributed by atoms with E-state index in [2.05, 4.69) is 5.32 Å². The quantitative estimate of drug-likeness (QED) is 0.899. The number of carbonyl (C=O) groups excluding carboxylic acids is 1. The molecule has 1 aliphatic rings. The summed E-state index contributed by atoms with van der Waals surface area (Å²) in [6, 6.07) is 12.0. The van der Waals surface area contributed by atoms with Gasteiger partial charge in [-0.2, -0.15) is 0 Å². The Hall–Kier alpha value is -2.38. The molecule has 2 amide bonds. The second-order valence-electron chi connectivity index (χ2n) is 5.48. The fourth-order valence-electron chi connectivity index (χ4n) is 2.61. The number of carbonyl (C=O) groups is 1. The summed E-state index contributed by atoms with van der Waals surface area (Å²) in [5.41, 5.74) is 2.94. The fourth-order valence-corrected chi connectivity index (χ4v) is 3.35. The van der Waals surface area contributed by atoms with Gasteiger partial charge in [-0.15, -0.1) is 0 Å². The van der Waals surface area contributed by atoms with Gasteiger partial charge in [0.25, 0.3) is 0 Å². The number of urea groups is 1. The molecule has 3 rings (SSSR count). The Kier molecular flexibility index (Phi) is 3.83. The molecule has 0 atom stereocenters. The van der Waals surface area contributed by atoms with E-state index in [9.17, 15) is 13.2 Å². The van der Waals surface area contributed by atoms with Crippen molar-refractivity contribution < 1.29 is 13.2 Å². The molecule has 0 aliphatic carbocycles. The van der Waals surface area contributed by atoms with Gasteiger partial charge in [0.15, 0.2) is 0 Å². The average molecular weight is 331 g/mol. The minimum atomic E-state index is -3.86. The van der Waals surface area contributed by atoms with E-state index in [4.69, 9.17) is 5.14 Å². The van der Waals surface area contributed by atoms with E-state index in [1.54, 1.807) is 17.0 Å². The largest absolute Gasteiger partial charge is 0.336 e. The Morgan fingerprint density at radius 3 is 2.39 bits per heavy atom. The molecule has 2 aromatic carbocycles. The molecule has 1 fully saturated rings. The summed E-state index contributed by atoms with van der Waals surface area (Å²) in [5, 5.41) is 8.06. The summed E-state index contributed by atoms with van der Waals surface area (Å²) in [4.78, 5) is 13.4. The van der Waals surface area contributed by atoms with Gasteiger partial charge in [-0.3, -0.25) is 4.90 Å². The molecule has 0 saturated carbocycles. The van der Waals surface area contributed by atoms with Crippen LogP contribution in [0.4, 0.5) is 10.5 Å². The third-order valence-electron chi connectivity index (χ3n) is 3.80. The highest BCUT2D eigenvalue weighted by Gasteiger charge is 2.23. The molecule has 7 heteroatoms. The van der Waals surface area contributed by atoms with Crippen molar-refractivity contribution in [3.63, 3.8) is 0 Å². The van der Waals surface area contributed by atoms with Crippen LogP contribution in [0.25, 0.3) is 11.1 Å². The van der Waals surface area contributed by atoms with Crippen molar-refractivity contribution in [1.29, 1.82) is 0 Å². The number of primary sulfonamides is 1. The second-order valence-corrected chi connectivity index (χ2v) is 7.00. The van der Waals surface area contributed by atoms with Crippen LogP contribution < -0.4 is 15.4 Å². The van der Waals surface area contributed by atoms with Crippen LogP contribution in [0.2, 0.25) is 0 Å². The first kappa shape index (κ1) is 15.5. The van der Waals surface area contributed by atoms with Crippen molar-refractivity contribution in [2.24, 2.45) is 5.14 Å². The maximum atomic E-state index is 11.9. The standard InChI is InChI=1S/C16H17N3O3S/c1-11-2-4-12(5-3-11)14-10-13(19-9-8-18-16(19)20)6-7-15(14)23(17,21)22/h2-7,10H,8-9H2,1H3,(H,18,20)(H2,17,21,22). The smallest absolute Gasteiger partial charge is 0.321 e. The maximum absolute atomic E-state index is 11.9. The zero-order valence-electron chi connectivity index (χ0n) is 12.6. The molecule has 0 radical (unpaired) electrons. The molecule has 1 aliphatic heterocycles. The summed E-state index contributed by atoms with van der Waals surface area (Å²) in [6.07, 6.45) is 0. The monoisotopic (exact) mass is 331 g/mol. The van der Waals surface area contributed by atoms with Gasteiger partial charge >= 0.3 is 6.03 Å². The number of hydrogen-bond acceptors (Lipinski definition) is 3. The van der Waals surface area contributed by atoms with E-state index in [-0.39, 0.29) is 10.9 Å². The van der Waals surface area contributed by atoms with E-state index in [1.807, 2.05) is 31.2 Å². The number of nitrogens with zero attached hydrogens (tertiary/aromatic N) is 1. The van der Waals surface area contributed by atoms with Crippen LogP contribution in [0.3, 0.4) is 0 Å². The predicted octanol–water partition coefficient (Wildman–Crippen LogP) is 1.84. The Balaban J connectivity index is 2.16. The zero-order chi connectivity index (χ0) is 16.6. The number of hydrogen-bond donors (Lipinski definition) is 2. The summed E-state index contributed by atoms with van der Waals surface area (Å²) in [7, 11) is -3.86. The molecule has 6 nitrogen and oxygen atoms in total. The van der Waals surface area contributed by atoms with Crippen molar-refractivity contribution in [2.75, 3.05) is 18.0 Å². The molecule has 0 spiro atoms. The molecular formula is C16H17N3O3S. The van der Waals surface area contributed by atoms with Crippen LogP contribution in [0.5, 0.6) is 0 Å². The van der Waals surface area contributed by atoms with Gasteiger partial charge in [-0.25, -0.2) is 18.4 Å². The Morgan fingerprint density at radius 2 is 1.83 bits per heavy atom. The van der Waals surface area contributed by atoms with Gasteiger partial charge in [0, 0.05) is 24.3 Å². The fraction of sp³-hybridized carbons (Fsp3) is 0.188. The molecule has 0 unspecified atom stereocenters. The Morgan fingerprint density at radius 1 is 1.13 bits per heavy atom. The SMILES string of the molecule is Cc1ccc(-c2cc(N3CCNC3=O)ccc2S(N)(=O)=O)cc1. The van der Waals surface area contributed by atoms with Crippen molar-refractivity contribution in [2.45, 2.75) is 11.8 Å². The summed E-state index contributed by atoms with van der Waals surface area (Å²) >= 11 is 0. The van der Waals surface area contributed by atoms with E-state index in [0.29, 0.717) is 24.3 Å². The van der Waals surface area contributed by atoms with Crippen LogP contribution in [-0.4, -0.2) is 27.5 Å². The van der Waals surface area contributed by atoms with Gasteiger partial charge in [0.2, 0.25) is 10.0 Å². The topological polar surface area (TPSA) is 92.5 Å². The first-order chi connectivity index (χ1) is 10.9. The van der Waals surface area contributed by atoms with Crippen molar-refractivity contribution in [3.05, 3.63) is 48.0 Å². The second kappa shape index (κ2) is 5.68. The van der Waals surface area contributed by atoms with Gasteiger partial charge < -0.3 is 5.32 Å². The molecule has 120 valence electrons. The normalized spacial score (nSPS) is 14.9. The number of rotatable bonds is 3. The molecule has 0 aromatic heterocycles. The van der Waals surface area contributed by atoms with Crippen LogP contribution in [-0.2, 0) is 10.0 Å². The number of aryl methyl sites for hydroxylation is 1. The highest BCUT2D eigenvalue weighted by atomic mass is 32.2. The lowest BCUT2D eigenvalue weighted by Crippen LogP contribution is -2.27. The van der Waals surface area contributed by atoms with E-state index >= 15 is 0 Å². The highest BCUT2D eigenvalue weighted by molar-refractivity contribution is 7.89. The molecule has 0 bridgehead atoms. The Bertz CT molecular complexity index is 861.